The number of hydrogen-bond acceptors (Lipinski definition) is 4. The number of likely N-dealkylation sites (N-methyl/N-ethyl adjacent to an activating group) is 1. The molecule has 2 heterocycles. The van der Waals surface area contributed by atoms with Gasteiger partial charge in [-0.15, -0.1) is 0 Å². The molecule has 2 aromatic carbocycles. The highest BCUT2D eigenvalue weighted by molar-refractivity contribution is 5.96. The maximum Gasteiger partial charge on any atom is 0.348 e. The zero-order valence-electron chi connectivity index (χ0n) is 19.1. The van der Waals surface area contributed by atoms with E-state index >= 15 is 0 Å². The molecule has 2 unspecified atom stereocenters. The number of hydrogen-bond donors (Lipinski definition) is 1. The van der Waals surface area contributed by atoms with E-state index in [4.69, 9.17) is 4.74 Å². The van der Waals surface area contributed by atoms with E-state index in [-0.39, 0.29) is 6.10 Å². The Morgan fingerprint density at radius 2 is 1.73 bits per heavy atom. The fourth-order valence-corrected chi connectivity index (χ4v) is 5.53. The second-order valence-electron chi connectivity index (χ2n) is 9.65. The lowest BCUT2D eigenvalue weighted by Gasteiger charge is -2.41. The number of ether oxygens (including phenoxy) is 1. The van der Waals surface area contributed by atoms with Gasteiger partial charge in [-0.1, -0.05) is 54.6 Å². The number of fused-ring (bicyclic) bond motifs is 3. The van der Waals surface area contributed by atoms with Crippen LogP contribution >= 0.6 is 0 Å². The molecule has 5 heteroatoms. The minimum absolute atomic E-state index is 0.199. The lowest BCUT2D eigenvalue weighted by molar-refractivity contribution is -0.917. The Balaban J connectivity index is 1.29. The summed E-state index contributed by atoms with van der Waals surface area (Å²) in [5.41, 5.74) is 2.37. The summed E-state index contributed by atoms with van der Waals surface area (Å²) < 4.78 is 6.91. The van der Waals surface area contributed by atoms with Gasteiger partial charge in [0.25, 0.3) is 0 Å². The van der Waals surface area contributed by atoms with E-state index in [0.29, 0.717) is 11.1 Å². The summed E-state index contributed by atoms with van der Waals surface area (Å²) in [5, 5.41) is 11.7. The average molecular weight is 444 g/mol. The predicted molar refractivity (Wildman–Crippen MR) is 127 cm³/mol. The van der Waals surface area contributed by atoms with E-state index in [0.717, 1.165) is 66.6 Å². The highest BCUT2D eigenvalue weighted by Crippen LogP contribution is 2.48. The minimum atomic E-state index is -1.76. The summed E-state index contributed by atoms with van der Waals surface area (Å²) >= 11 is 0. The summed E-state index contributed by atoms with van der Waals surface area (Å²) in [5.74, 6) is -0.563. The van der Waals surface area contributed by atoms with E-state index in [9.17, 15) is 9.90 Å². The summed E-state index contributed by atoms with van der Waals surface area (Å²) in [6, 6.07) is 21.2. The zero-order chi connectivity index (χ0) is 22.9. The van der Waals surface area contributed by atoms with Crippen molar-refractivity contribution in [1.29, 1.82) is 0 Å². The molecule has 33 heavy (non-hydrogen) atoms. The molecule has 0 bridgehead atoms. The van der Waals surface area contributed by atoms with Crippen molar-refractivity contribution in [2.24, 2.45) is 0 Å². The number of nitrogens with zero attached hydrogens (tertiary/aromatic N) is 2. The Morgan fingerprint density at radius 1 is 1.06 bits per heavy atom. The number of benzene rings is 2. The number of quaternary nitrogens is 1. The van der Waals surface area contributed by atoms with Crippen LogP contribution in [0.3, 0.4) is 0 Å². The number of likely N-dealkylation sites (tertiary alicyclic amines) is 1. The smallest absolute Gasteiger partial charge is 0.348 e. The van der Waals surface area contributed by atoms with Crippen molar-refractivity contribution in [2.45, 2.75) is 37.4 Å². The van der Waals surface area contributed by atoms with Gasteiger partial charge >= 0.3 is 5.97 Å². The molecule has 5 nitrogen and oxygen atoms in total. The normalized spacial score (nSPS) is 22.9. The Kier molecular flexibility index (Phi) is 5.77. The van der Waals surface area contributed by atoms with Gasteiger partial charge in [0.2, 0.25) is 5.60 Å². The third kappa shape index (κ3) is 4.07. The number of rotatable bonds is 6. The van der Waals surface area contributed by atoms with Crippen molar-refractivity contribution in [3.05, 3.63) is 89.7 Å². The maximum atomic E-state index is 13.5. The molecule has 3 aromatic rings. The molecule has 0 spiro atoms. The van der Waals surface area contributed by atoms with E-state index in [1.165, 1.54) is 0 Å². The lowest BCUT2D eigenvalue weighted by atomic mass is 9.91. The van der Waals surface area contributed by atoms with Crippen LogP contribution in [0.1, 0.15) is 36.1 Å². The molecule has 5 rings (SSSR count). The van der Waals surface area contributed by atoms with Crippen LogP contribution in [0.25, 0.3) is 11.1 Å². The third-order valence-electron chi connectivity index (χ3n) is 7.22. The van der Waals surface area contributed by atoms with Crippen LogP contribution in [0.5, 0.6) is 0 Å². The molecule has 2 aliphatic rings. The van der Waals surface area contributed by atoms with Gasteiger partial charge in [0.05, 0.1) is 20.1 Å². The molecule has 1 aliphatic carbocycles. The molecular formula is C28H31N2O3+. The Bertz CT molecular complexity index is 1100. The van der Waals surface area contributed by atoms with Gasteiger partial charge in [-0.05, 0) is 36.1 Å². The summed E-state index contributed by atoms with van der Waals surface area (Å²) in [6.07, 6.45) is 5.47. The number of aliphatic hydroxyl groups is 1. The zero-order valence-corrected chi connectivity index (χ0v) is 19.1. The van der Waals surface area contributed by atoms with Crippen LogP contribution in [-0.2, 0) is 21.6 Å². The van der Waals surface area contributed by atoms with E-state index < -0.39 is 11.6 Å². The molecular weight excluding hydrogens is 412 g/mol. The molecule has 170 valence electrons. The minimum Gasteiger partial charge on any atom is -0.454 e. The van der Waals surface area contributed by atoms with Crippen LogP contribution in [0.2, 0.25) is 0 Å². The van der Waals surface area contributed by atoms with Crippen molar-refractivity contribution in [3.8, 4) is 11.1 Å². The van der Waals surface area contributed by atoms with Crippen molar-refractivity contribution < 1.29 is 19.1 Å². The molecule has 1 fully saturated rings. The predicted octanol–water partition coefficient (Wildman–Crippen LogP) is 4.08. The summed E-state index contributed by atoms with van der Waals surface area (Å²) in [7, 11) is 2.24. The van der Waals surface area contributed by atoms with Gasteiger partial charge in [-0.25, -0.2) is 4.79 Å². The van der Waals surface area contributed by atoms with Crippen molar-refractivity contribution in [3.63, 3.8) is 0 Å². The number of carbonyl (C=O) groups is 1. The van der Waals surface area contributed by atoms with Crippen LogP contribution in [0.4, 0.5) is 0 Å². The highest BCUT2D eigenvalue weighted by Gasteiger charge is 2.50. The van der Waals surface area contributed by atoms with Crippen LogP contribution in [0.15, 0.2) is 72.9 Å². The van der Waals surface area contributed by atoms with E-state index in [1.807, 2.05) is 66.9 Å². The topological polar surface area (TPSA) is 59.4 Å². The molecule has 1 N–H and O–H groups in total. The number of esters is 1. The van der Waals surface area contributed by atoms with Gasteiger partial charge in [0.15, 0.2) is 6.10 Å². The quantitative estimate of drug-likeness (QED) is 0.461. The number of pyridine rings is 1. The van der Waals surface area contributed by atoms with Gasteiger partial charge < -0.3 is 14.3 Å². The molecule has 1 aromatic heterocycles. The maximum absolute atomic E-state index is 13.5. The summed E-state index contributed by atoms with van der Waals surface area (Å²) in [6.45, 7) is 2.86. The largest absolute Gasteiger partial charge is 0.454 e. The fraction of sp³-hybridized carbons (Fsp3) is 0.357. The first kappa shape index (κ1) is 21.8. The second kappa shape index (κ2) is 8.73. The third-order valence-corrected chi connectivity index (χ3v) is 7.22. The number of aryl methyl sites for hydroxylation is 1. The average Bonchev–Trinajstić information content (AvgIpc) is 3.10. The Labute approximate surface area is 195 Å². The number of piperidine rings is 1. The first-order valence-electron chi connectivity index (χ1n) is 11.9. The van der Waals surface area contributed by atoms with Crippen molar-refractivity contribution in [1.82, 2.24) is 4.98 Å². The second-order valence-corrected chi connectivity index (χ2v) is 9.65. The molecule has 2 atom stereocenters. The number of aromatic nitrogens is 1. The molecule has 1 saturated heterocycles. The van der Waals surface area contributed by atoms with Gasteiger partial charge in [-0.3, -0.25) is 4.98 Å². The first-order chi connectivity index (χ1) is 16.0. The number of carbonyl (C=O) groups excluding carboxylic acids is 1. The van der Waals surface area contributed by atoms with Crippen LogP contribution in [0, 0.1) is 0 Å². The molecule has 1 aliphatic heterocycles. The molecule has 0 saturated carbocycles. The van der Waals surface area contributed by atoms with Crippen LogP contribution in [-0.4, -0.2) is 53.3 Å². The standard InChI is InChI=1S/C28H31N2O3/c1-30(18-8-11-21-10-6-7-17-29-21)19-9-12-22(20-30)33-27(31)28(32)25-15-4-2-13-23(25)24-14-3-5-16-26(24)28/h2-7,10,13-17,22,32H,8-9,11-12,18-20H2,1H3/q+1. The highest BCUT2D eigenvalue weighted by atomic mass is 16.6. The van der Waals surface area contributed by atoms with Crippen LogP contribution < -0.4 is 0 Å². The van der Waals surface area contributed by atoms with E-state index in [2.05, 4.69) is 18.1 Å². The SMILES string of the molecule is C[N+]1(CCCc2ccccn2)CCCC(OC(=O)C2(O)c3ccccc3-c3ccccc32)C1. The lowest BCUT2D eigenvalue weighted by Crippen LogP contribution is -2.55. The van der Waals surface area contributed by atoms with Crippen molar-refractivity contribution in [2.75, 3.05) is 26.7 Å². The van der Waals surface area contributed by atoms with Crippen molar-refractivity contribution >= 4 is 5.97 Å². The Hall–Kier alpha value is -3.02. The van der Waals surface area contributed by atoms with Gasteiger partial charge in [-0.2, -0.15) is 0 Å². The van der Waals surface area contributed by atoms with E-state index in [1.54, 1.807) is 0 Å². The first-order valence-corrected chi connectivity index (χ1v) is 11.9. The Morgan fingerprint density at radius 3 is 2.39 bits per heavy atom. The molecule has 0 amide bonds. The van der Waals surface area contributed by atoms with Gasteiger partial charge in [0.1, 0.15) is 6.54 Å². The van der Waals surface area contributed by atoms with Gasteiger partial charge in [0, 0.05) is 35.9 Å². The fourth-order valence-electron chi connectivity index (χ4n) is 5.53. The monoisotopic (exact) mass is 443 g/mol. The summed E-state index contributed by atoms with van der Waals surface area (Å²) in [4.78, 5) is 17.9. The molecule has 0 radical (unpaired) electrons.